The molecule has 3 nitrogen and oxygen atoms in total. The fourth-order valence-corrected chi connectivity index (χ4v) is 1.61. The molecule has 0 saturated heterocycles. The van der Waals surface area contributed by atoms with Crippen molar-refractivity contribution in [2.75, 3.05) is 0 Å². The van der Waals surface area contributed by atoms with Crippen molar-refractivity contribution in [2.45, 2.75) is 4.90 Å². The fourth-order valence-electron chi connectivity index (χ4n) is 0.711. The molecule has 1 rings (SSSR count). The first-order valence-corrected chi connectivity index (χ1v) is 5.26. The maximum Gasteiger partial charge on any atom is 0.264 e. The molecule has 1 aromatic carbocycles. The van der Waals surface area contributed by atoms with Gasteiger partial charge in [0.05, 0.1) is 0 Å². The zero-order valence-electron chi connectivity index (χ0n) is 5.96. The molecule has 0 unspecified atom stereocenters. The van der Waals surface area contributed by atoms with E-state index in [1.165, 1.54) is 0 Å². The summed E-state index contributed by atoms with van der Waals surface area (Å²) >= 11 is 0. The number of aromatic hydroxyl groups is 1. The highest BCUT2D eigenvalue weighted by Crippen LogP contribution is 2.27. The monoisotopic (exact) mass is 228 g/mol. The van der Waals surface area contributed by atoms with Gasteiger partial charge in [0, 0.05) is 10.7 Å². The maximum absolute atomic E-state index is 12.8. The minimum atomic E-state index is -4.30. The average molecular weight is 229 g/mol. The molecule has 0 bridgehead atoms. The van der Waals surface area contributed by atoms with Crippen molar-refractivity contribution in [3.63, 3.8) is 0 Å². The minimum Gasteiger partial charge on any atom is -0.503 e. The standard InChI is InChI=1S/C6H3ClF2O3S/c7-13(11,12)4-2-1-3(8)6(10)5(4)9/h1-2,10H. The van der Waals surface area contributed by atoms with Gasteiger partial charge in [0.1, 0.15) is 4.90 Å². The molecule has 1 N–H and O–H groups in total. The Balaban J connectivity index is 3.53. The molecule has 0 saturated carbocycles. The summed E-state index contributed by atoms with van der Waals surface area (Å²) in [5.41, 5.74) is 0. The number of benzene rings is 1. The van der Waals surface area contributed by atoms with Crippen LogP contribution < -0.4 is 0 Å². The second kappa shape index (κ2) is 3.12. The van der Waals surface area contributed by atoms with E-state index in [1.54, 1.807) is 0 Å². The lowest BCUT2D eigenvalue weighted by atomic mass is 10.3. The average Bonchev–Trinajstić information content (AvgIpc) is 1.98. The molecule has 0 aromatic heterocycles. The molecule has 0 radical (unpaired) electrons. The molecule has 0 aliphatic rings. The van der Waals surface area contributed by atoms with Crippen LogP contribution in [0.25, 0.3) is 0 Å². The second-order valence-corrected chi connectivity index (χ2v) is 4.68. The molecule has 1 aromatic rings. The van der Waals surface area contributed by atoms with E-state index in [0.717, 1.165) is 0 Å². The van der Waals surface area contributed by atoms with Gasteiger partial charge in [0.15, 0.2) is 17.4 Å². The molecule has 0 heterocycles. The lowest BCUT2D eigenvalue weighted by molar-refractivity contribution is 0.388. The summed E-state index contributed by atoms with van der Waals surface area (Å²) in [5.74, 6) is -4.20. The number of phenols is 1. The van der Waals surface area contributed by atoms with Crippen LogP contribution in [0.15, 0.2) is 17.0 Å². The Labute approximate surface area is 77.0 Å². The van der Waals surface area contributed by atoms with Crippen LogP contribution in [0, 0.1) is 11.6 Å². The zero-order valence-corrected chi connectivity index (χ0v) is 7.53. The van der Waals surface area contributed by atoms with Crippen LogP contribution in [-0.2, 0) is 9.05 Å². The van der Waals surface area contributed by atoms with Crippen LogP contribution in [0.1, 0.15) is 0 Å². The van der Waals surface area contributed by atoms with E-state index in [4.69, 9.17) is 15.8 Å². The first kappa shape index (κ1) is 10.2. The molecule has 0 aliphatic heterocycles. The molecule has 0 fully saturated rings. The van der Waals surface area contributed by atoms with Crippen LogP contribution in [0.3, 0.4) is 0 Å². The Morgan fingerprint density at radius 2 is 1.85 bits per heavy atom. The van der Waals surface area contributed by atoms with E-state index in [9.17, 15) is 17.2 Å². The lowest BCUT2D eigenvalue weighted by Gasteiger charge is -2.00. The summed E-state index contributed by atoms with van der Waals surface area (Å²) < 4.78 is 46.4. The highest BCUT2D eigenvalue weighted by atomic mass is 35.7. The Hall–Kier alpha value is -0.880. The van der Waals surface area contributed by atoms with Gasteiger partial charge in [-0.2, -0.15) is 0 Å². The van der Waals surface area contributed by atoms with Gasteiger partial charge in [0.25, 0.3) is 9.05 Å². The first-order valence-electron chi connectivity index (χ1n) is 2.95. The second-order valence-electron chi connectivity index (χ2n) is 2.15. The van der Waals surface area contributed by atoms with E-state index in [0.29, 0.717) is 12.1 Å². The van der Waals surface area contributed by atoms with Gasteiger partial charge in [-0.25, -0.2) is 17.2 Å². The summed E-state index contributed by atoms with van der Waals surface area (Å²) in [6.07, 6.45) is 0. The van der Waals surface area contributed by atoms with Crippen molar-refractivity contribution in [3.8, 4) is 5.75 Å². The summed E-state index contributed by atoms with van der Waals surface area (Å²) in [6.45, 7) is 0. The third-order valence-corrected chi connectivity index (χ3v) is 2.63. The van der Waals surface area contributed by atoms with E-state index in [-0.39, 0.29) is 0 Å². The normalized spacial score (nSPS) is 11.6. The molecule has 72 valence electrons. The third kappa shape index (κ3) is 1.89. The largest absolute Gasteiger partial charge is 0.503 e. The van der Waals surface area contributed by atoms with Crippen molar-refractivity contribution >= 4 is 19.7 Å². The summed E-state index contributed by atoms with van der Waals surface area (Å²) in [4.78, 5) is -0.951. The molecular weight excluding hydrogens is 226 g/mol. The van der Waals surface area contributed by atoms with Crippen LogP contribution >= 0.6 is 10.7 Å². The molecule has 0 amide bonds. The van der Waals surface area contributed by atoms with Gasteiger partial charge in [-0.1, -0.05) is 0 Å². The van der Waals surface area contributed by atoms with Gasteiger partial charge in [0.2, 0.25) is 0 Å². The topological polar surface area (TPSA) is 54.4 Å². The Bertz CT molecular complexity index is 443. The highest BCUT2D eigenvalue weighted by Gasteiger charge is 2.21. The van der Waals surface area contributed by atoms with E-state index >= 15 is 0 Å². The molecular formula is C6H3ClF2O3S. The van der Waals surface area contributed by atoms with E-state index in [1.807, 2.05) is 0 Å². The quantitative estimate of drug-likeness (QED) is 0.743. The minimum absolute atomic E-state index is 0.605. The highest BCUT2D eigenvalue weighted by molar-refractivity contribution is 8.13. The van der Waals surface area contributed by atoms with Crippen LogP contribution in [0.4, 0.5) is 8.78 Å². The SMILES string of the molecule is O=S(=O)(Cl)c1ccc(F)c(O)c1F. The molecule has 0 atom stereocenters. The first-order chi connectivity index (χ1) is 5.84. The van der Waals surface area contributed by atoms with Gasteiger partial charge >= 0.3 is 0 Å². The Morgan fingerprint density at radius 1 is 1.31 bits per heavy atom. The molecule has 13 heavy (non-hydrogen) atoms. The predicted molar refractivity (Wildman–Crippen MR) is 41.1 cm³/mol. The van der Waals surface area contributed by atoms with Gasteiger partial charge in [-0.05, 0) is 12.1 Å². The van der Waals surface area contributed by atoms with Crippen molar-refractivity contribution < 1.29 is 22.3 Å². The lowest BCUT2D eigenvalue weighted by Crippen LogP contribution is -1.96. The van der Waals surface area contributed by atoms with E-state index in [2.05, 4.69) is 0 Å². The smallest absolute Gasteiger partial charge is 0.264 e. The van der Waals surface area contributed by atoms with Crippen molar-refractivity contribution in [3.05, 3.63) is 23.8 Å². The maximum atomic E-state index is 12.8. The number of hydrogen-bond donors (Lipinski definition) is 1. The Morgan fingerprint density at radius 3 is 2.31 bits per heavy atom. The molecule has 0 spiro atoms. The van der Waals surface area contributed by atoms with Crippen molar-refractivity contribution in [1.82, 2.24) is 0 Å². The summed E-state index contributed by atoms with van der Waals surface area (Å²) in [5, 5.41) is 8.68. The fraction of sp³-hybridized carbons (Fsp3) is 0. The van der Waals surface area contributed by atoms with E-state index < -0.39 is 31.3 Å². The number of rotatable bonds is 1. The van der Waals surface area contributed by atoms with Gasteiger partial charge in [-0.15, -0.1) is 0 Å². The van der Waals surface area contributed by atoms with Crippen molar-refractivity contribution in [2.24, 2.45) is 0 Å². The van der Waals surface area contributed by atoms with Gasteiger partial charge in [-0.3, -0.25) is 0 Å². The number of hydrogen-bond acceptors (Lipinski definition) is 3. The molecule has 0 aliphatic carbocycles. The van der Waals surface area contributed by atoms with Crippen LogP contribution in [0.5, 0.6) is 5.75 Å². The zero-order chi connectivity index (χ0) is 10.2. The number of phenolic OH excluding ortho intramolecular Hbond substituents is 1. The summed E-state index contributed by atoms with van der Waals surface area (Å²) in [6, 6.07) is 1.24. The molecule has 7 heteroatoms. The third-order valence-electron chi connectivity index (χ3n) is 1.29. The number of halogens is 3. The predicted octanol–water partition coefficient (Wildman–Crippen LogP) is 1.60. The van der Waals surface area contributed by atoms with Crippen LogP contribution in [0.2, 0.25) is 0 Å². The van der Waals surface area contributed by atoms with Gasteiger partial charge < -0.3 is 5.11 Å². The Kier molecular flexibility index (Phi) is 2.44. The van der Waals surface area contributed by atoms with Crippen LogP contribution in [-0.4, -0.2) is 13.5 Å². The summed E-state index contributed by atoms with van der Waals surface area (Å²) in [7, 11) is 0.485. The van der Waals surface area contributed by atoms with Crippen molar-refractivity contribution in [1.29, 1.82) is 0 Å².